The fraction of sp³-hybridized carbons (Fsp3) is 0.727. The van der Waals surface area contributed by atoms with Crippen molar-refractivity contribution < 1.29 is 19.0 Å². The van der Waals surface area contributed by atoms with Crippen LogP contribution in [0.3, 0.4) is 0 Å². The number of rotatable bonds is 6. The molecule has 15 heavy (non-hydrogen) atoms. The lowest BCUT2D eigenvalue weighted by molar-refractivity contribution is -0.141. The van der Waals surface area contributed by atoms with Crippen LogP contribution >= 0.6 is 0 Å². The summed E-state index contributed by atoms with van der Waals surface area (Å²) in [5, 5.41) is 8.88. The minimum Gasteiger partial charge on any atom is -0.460 e. The van der Waals surface area contributed by atoms with Gasteiger partial charge in [-0.05, 0) is 26.3 Å². The Morgan fingerprint density at radius 2 is 2.20 bits per heavy atom. The topological polar surface area (TPSA) is 46.5 Å². The van der Waals surface area contributed by atoms with Crippen LogP contribution in [0, 0.1) is 0 Å². The van der Waals surface area contributed by atoms with Crippen molar-refractivity contribution in [3.8, 4) is 0 Å². The van der Waals surface area contributed by atoms with Crippen molar-refractivity contribution in [1.82, 2.24) is 0 Å². The molecule has 0 saturated carbocycles. The number of aliphatic hydroxyl groups is 1. The van der Waals surface area contributed by atoms with Gasteiger partial charge in [0, 0.05) is 5.57 Å². The van der Waals surface area contributed by atoms with Gasteiger partial charge in [0.2, 0.25) is 0 Å². The maximum absolute atomic E-state index is 13.1. The SMILES string of the molecule is CCCC(F)/C=C(\C)C(=O)OCC(C)O. The third-order valence-electron chi connectivity index (χ3n) is 1.77. The largest absolute Gasteiger partial charge is 0.460 e. The molecule has 0 aromatic heterocycles. The van der Waals surface area contributed by atoms with E-state index in [1.165, 1.54) is 19.9 Å². The third kappa shape index (κ3) is 7.08. The normalized spacial score (nSPS) is 15.9. The minimum atomic E-state index is -1.10. The van der Waals surface area contributed by atoms with Gasteiger partial charge in [0.05, 0.1) is 6.10 Å². The van der Waals surface area contributed by atoms with Crippen LogP contribution in [-0.4, -0.2) is 30.0 Å². The van der Waals surface area contributed by atoms with E-state index in [9.17, 15) is 9.18 Å². The van der Waals surface area contributed by atoms with E-state index in [4.69, 9.17) is 9.84 Å². The van der Waals surface area contributed by atoms with Gasteiger partial charge >= 0.3 is 5.97 Å². The summed E-state index contributed by atoms with van der Waals surface area (Å²) < 4.78 is 17.8. The Morgan fingerprint density at radius 3 is 2.67 bits per heavy atom. The van der Waals surface area contributed by atoms with Gasteiger partial charge in [-0.1, -0.05) is 13.3 Å². The Balaban J connectivity index is 4.06. The second kappa shape index (κ2) is 7.40. The predicted molar refractivity (Wildman–Crippen MR) is 56.2 cm³/mol. The lowest BCUT2D eigenvalue weighted by Crippen LogP contribution is -2.16. The average Bonchev–Trinajstić information content (AvgIpc) is 2.14. The van der Waals surface area contributed by atoms with Gasteiger partial charge in [-0.25, -0.2) is 9.18 Å². The molecular weight excluding hydrogens is 199 g/mol. The Morgan fingerprint density at radius 1 is 1.60 bits per heavy atom. The molecule has 0 aliphatic carbocycles. The predicted octanol–water partition coefficient (Wildman–Crippen LogP) is 1.99. The highest BCUT2D eigenvalue weighted by Crippen LogP contribution is 2.07. The van der Waals surface area contributed by atoms with Gasteiger partial charge in [0.15, 0.2) is 0 Å². The summed E-state index contributed by atoms with van der Waals surface area (Å²) in [5.41, 5.74) is 0.247. The fourth-order valence-corrected chi connectivity index (χ4v) is 1.01. The second-order valence-corrected chi connectivity index (χ2v) is 3.60. The first kappa shape index (κ1) is 14.1. The number of hydrogen-bond donors (Lipinski definition) is 1. The van der Waals surface area contributed by atoms with Gasteiger partial charge in [0.1, 0.15) is 12.8 Å². The van der Waals surface area contributed by atoms with Crippen molar-refractivity contribution >= 4 is 5.97 Å². The summed E-state index contributed by atoms with van der Waals surface area (Å²) in [5.74, 6) is -0.574. The van der Waals surface area contributed by atoms with Crippen LogP contribution in [0.5, 0.6) is 0 Å². The molecule has 4 heteroatoms. The molecule has 0 saturated heterocycles. The van der Waals surface area contributed by atoms with Crippen LogP contribution < -0.4 is 0 Å². The zero-order valence-corrected chi connectivity index (χ0v) is 9.50. The molecule has 0 aromatic rings. The maximum atomic E-state index is 13.1. The molecule has 2 unspecified atom stereocenters. The van der Waals surface area contributed by atoms with E-state index >= 15 is 0 Å². The maximum Gasteiger partial charge on any atom is 0.333 e. The number of carbonyl (C=O) groups is 1. The number of carbonyl (C=O) groups excluding carboxylic acids is 1. The zero-order valence-electron chi connectivity index (χ0n) is 9.50. The van der Waals surface area contributed by atoms with Crippen molar-refractivity contribution in [3.63, 3.8) is 0 Å². The van der Waals surface area contributed by atoms with Gasteiger partial charge < -0.3 is 9.84 Å². The van der Waals surface area contributed by atoms with Crippen LogP contribution in [0.2, 0.25) is 0 Å². The molecule has 0 heterocycles. The molecule has 0 aliphatic heterocycles. The first-order valence-corrected chi connectivity index (χ1v) is 5.15. The molecule has 0 bridgehead atoms. The van der Waals surface area contributed by atoms with E-state index in [1.807, 2.05) is 6.92 Å². The van der Waals surface area contributed by atoms with E-state index in [0.29, 0.717) is 6.42 Å². The zero-order chi connectivity index (χ0) is 11.8. The summed E-state index contributed by atoms with van der Waals surface area (Å²) in [7, 11) is 0. The molecular formula is C11H19FO3. The first-order valence-electron chi connectivity index (χ1n) is 5.15. The van der Waals surface area contributed by atoms with Crippen LogP contribution in [0.15, 0.2) is 11.6 Å². The molecule has 0 rings (SSSR count). The van der Waals surface area contributed by atoms with Gasteiger partial charge in [-0.3, -0.25) is 0 Å². The monoisotopic (exact) mass is 218 g/mol. The van der Waals surface area contributed by atoms with Crippen molar-refractivity contribution in [3.05, 3.63) is 11.6 Å². The van der Waals surface area contributed by atoms with Gasteiger partial charge in [0.25, 0.3) is 0 Å². The second-order valence-electron chi connectivity index (χ2n) is 3.60. The molecule has 0 amide bonds. The number of alkyl halides is 1. The standard InChI is InChI=1S/C11H19FO3/c1-4-5-10(12)6-8(2)11(14)15-7-9(3)13/h6,9-10,13H,4-5,7H2,1-3H3/b8-6+. The van der Waals surface area contributed by atoms with Gasteiger partial charge in [-0.2, -0.15) is 0 Å². The highest BCUT2D eigenvalue weighted by Gasteiger charge is 2.10. The highest BCUT2D eigenvalue weighted by atomic mass is 19.1. The van der Waals surface area contributed by atoms with Crippen molar-refractivity contribution in [2.45, 2.75) is 45.9 Å². The van der Waals surface area contributed by atoms with Crippen LogP contribution in [0.4, 0.5) is 4.39 Å². The van der Waals surface area contributed by atoms with Gasteiger partial charge in [-0.15, -0.1) is 0 Å². The van der Waals surface area contributed by atoms with Crippen molar-refractivity contribution in [2.24, 2.45) is 0 Å². The van der Waals surface area contributed by atoms with Crippen molar-refractivity contribution in [2.75, 3.05) is 6.61 Å². The summed E-state index contributed by atoms with van der Waals surface area (Å²) in [6.45, 7) is 4.84. The van der Waals surface area contributed by atoms with Crippen molar-refractivity contribution in [1.29, 1.82) is 0 Å². The van der Waals surface area contributed by atoms with E-state index in [1.54, 1.807) is 0 Å². The number of hydrogen-bond acceptors (Lipinski definition) is 3. The molecule has 0 fully saturated rings. The number of allylic oxidation sites excluding steroid dienone is 1. The first-order chi connectivity index (χ1) is 6.97. The molecule has 0 spiro atoms. The highest BCUT2D eigenvalue weighted by molar-refractivity contribution is 5.87. The summed E-state index contributed by atoms with van der Waals surface area (Å²) in [4.78, 5) is 11.2. The Labute approximate surface area is 89.9 Å². The average molecular weight is 218 g/mol. The number of ether oxygens (including phenoxy) is 1. The fourth-order valence-electron chi connectivity index (χ4n) is 1.01. The molecule has 0 aromatic carbocycles. The minimum absolute atomic E-state index is 0.0608. The lowest BCUT2D eigenvalue weighted by atomic mass is 10.1. The Kier molecular flexibility index (Phi) is 6.96. The van der Waals surface area contributed by atoms with E-state index in [0.717, 1.165) is 6.42 Å². The number of esters is 1. The van der Waals surface area contributed by atoms with Crippen LogP contribution in [0.25, 0.3) is 0 Å². The van der Waals surface area contributed by atoms with Crippen LogP contribution in [0.1, 0.15) is 33.6 Å². The molecule has 2 atom stereocenters. The Bertz CT molecular complexity index is 224. The Hall–Kier alpha value is -0.900. The van der Waals surface area contributed by atoms with Crippen LogP contribution in [-0.2, 0) is 9.53 Å². The van der Waals surface area contributed by atoms with E-state index < -0.39 is 18.2 Å². The van der Waals surface area contributed by atoms with E-state index in [-0.39, 0.29) is 12.2 Å². The number of halogens is 1. The smallest absolute Gasteiger partial charge is 0.333 e. The third-order valence-corrected chi connectivity index (χ3v) is 1.77. The lowest BCUT2D eigenvalue weighted by Gasteiger charge is -2.07. The molecule has 1 N–H and O–H groups in total. The molecule has 0 aliphatic rings. The molecule has 3 nitrogen and oxygen atoms in total. The summed E-state index contributed by atoms with van der Waals surface area (Å²) >= 11 is 0. The molecule has 0 radical (unpaired) electrons. The van der Waals surface area contributed by atoms with E-state index in [2.05, 4.69) is 0 Å². The number of aliphatic hydroxyl groups excluding tert-OH is 1. The quantitative estimate of drug-likeness (QED) is 0.548. The summed E-state index contributed by atoms with van der Waals surface area (Å²) in [6, 6.07) is 0. The summed E-state index contributed by atoms with van der Waals surface area (Å²) in [6.07, 6.45) is 0.593. The molecule has 88 valence electrons.